The summed E-state index contributed by atoms with van der Waals surface area (Å²) in [7, 11) is 2.68. The van der Waals surface area contributed by atoms with Crippen molar-refractivity contribution < 1.29 is 47.9 Å². The van der Waals surface area contributed by atoms with Crippen molar-refractivity contribution in [1.82, 2.24) is 0 Å². The van der Waals surface area contributed by atoms with E-state index in [-0.39, 0.29) is 6.61 Å². The van der Waals surface area contributed by atoms with Crippen molar-refractivity contribution >= 4 is 17.9 Å². The molecular weight excluding hydrogens is 340 g/mol. The molecule has 0 aromatic carbocycles. The number of aliphatic hydroxyl groups excluding tert-OH is 1. The molecular formula is C15H24O10. The molecule has 0 aromatic rings. The number of ether oxygens (including phenoxy) is 6. The molecule has 6 unspecified atom stereocenters. The van der Waals surface area contributed by atoms with E-state index in [2.05, 4.69) is 0 Å². The maximum atomic E-state index is 11.5. The van der Waals surface area contributed by atoms with Gasteiger partial charge in [0.25, 0.3) is 0 Å². The summed E-state index contributed by atoms with van der Waals surface area (Å²) >= 11 is 0. The van der Waals surface area contributed by atoms with E-state index >= 15 is 0 Å². The first-order valence-electron chi connectivity index (χ1n) is 7.58. The predicted molar refractivity (Wildman–Crippen MR) is 80.2 cm³/mol. The van der Waals surface area contributed by atoms with Gasteiger partial charge in [0.2, 0.25) is 0 Å². The molecule has 1 rings (SSSR count). The number of methoxy groups -OCH3 is 2. The predicted octanol–water partition coefficient (Wildman–Crippen LogP) is -0.840. The summed E-state index contributed by atoms with van der Waals surface area (Å²) in [5, 5.41) is 10.2. The van der Waals surface area contributed by atoms with Crippen LogP contribution in [0.3, 0.4) is 0 Å². The summed E-state index contributed by atoms with van der Waals surface area (Å²) in [5.41, 5.74) is 0. The fourth-order valence-corrected chi connectivity index (χ4v) is 2.64. The first kappa shape index (κ1) is 21.3. The van der Waals surface area contributed by atoms with E-state index in [9.17, 15) is 19.5 Å². The topological polar surface area (TPSA) is 127 Å². The van der Waals surface area contributed by atoms with Crippen LogP contribution in [0.2, 0.25) is 0 Å². The Labute approximate surface area is 145 Å². The third kappa shape index (κ3) is 5.92. The Kier molecular flexibility index (Phi) is 8.23. The smallest absolute Gasteiger partial charge is 0.303 e. The average Bonchev–Trinajstić information content (AvgIpc) is 2.48. The van der Waals surface area contributed by atoms with E-state index in [0.29, 0.717) is 0 Å². The Bertz CT molecular complexity index is 479. The lowest BCUT2D eigenvalue weighted by Crippen LogP contribution is -2.64. The summed E-state index contributed by atoms with van der Waals surface area (Å²) < 4.78 is 31.1. The SMILES string of the molecule is COCC(OC(C)=O)C1OC(O)C(OC(C)=O)C(OC)C1OC(C)=O. The molecule has 0 aliphatic carbocycles. The zero-order valence-electron chi connectivity index (χ0n) is 14.8. The molecule has 1 saturated heterocycles. The van der Waals surface area contributed by atoms with Crippen LogP contribution >= 0.6 is 0 Å². The number of rotatable bonds is 7. The van der Waals surface area contributed by atoms with Crippen molar-refractivity contribution in [2.75, 3.05) is 20.8 Å². The van der Waals surface area contributed by atoms with E-state index in [1.807, 2.05) is 0 Å². The fraction of sp³-hybridized carbons (Fsp3) is 0.800. The van der Waals surface area contributed by atoms with E-state index in [1.54, 1.807) is 0 Å². The molecule has 1 N–H and O–H groups in total. The molecule has 1 aliphatic heterocycles. The molecule has 1 heterocycles. The molecule has 10 nitrogen and oxygen atoms in total. The lowest BCUT2D eigenvalue weighted by molar-refractivity contribution is -0.308. The maximum absolute atomic E-state index is 11.5. The number of esters is 3. The zero-order chi connectivity index (χ0) is 19.1. The van der Waals surface area contributed by atoms with Gasteiger partial charge in [-0.25, -0.2) is 0 Å². The van der Waals surface area contributed by atoms with E-state index < -0.39 is 54.7 Å². The normalized spacial score (nSPS) is 30.2. The monoisotopic (exact) mass is 364 g/mol. The van der Waals surface area contributed by atoms with Gasteiger partial charge in [-0.1, -0.05) is 0 Å². The molecule has 0 bridgehead atoms. The van der Waals surface area contributed by atoms with Gasteiger partial charge in [-0.3, -0.25) is 14.4 Å². The summed E-state index contributed by atoms with van der Waals surface area (Å²) in [4.78, 5) is 34.1. The minimum Gasteiger partial charge on any atom is -0.457 e. The molecule has 144 valence electrons. The number of hydrogen-bond donors (Lipinski definition) is 1. The summed E-state index contributed by atoms with van der Waals surface area (Å²) in [6, 6.07) is 0. The van der Waals surface area contributed by atoms with Crippen LogP contribution in [0, 0.1) is 0 Å². The van der Waals surface area contributed by atoms with Crippen molar-refractivity contribution in [3.05, 3.63) is 0 Å². The Hall–Kier alpha value is -1.75. The number of carbonyl (C=O) groups is 3. The van der Waals surface area contributed by atoms with Gasteiger partial charge in [-0.2, -0.15) is 0 Å². The molecule has 6 atom stereocenters. The van der Waals surface area contributed by atoms with Crippen molar-refractivity contribution in [3.63, 3.8) is 0 Å². The Balaban J connectivity index is 3.18. The van der Waals surface area contributed by atoms with Gasteiger partial charge >= 0.3 is 17.9 Å². The van der Waals surface area contributed by atoms with Gasteiger partial charge in [0, 0.05) is 35.0 Å². The Morgan fingerprint density at radius 2 is 1.52 bits per heavy atom. The largest absolute Gasteiger partial charge is 0.457 e. The fourth-order valence-electron chi connectivity index (χ4n) is 2.64. The van der Waals surface area contributed by atoms with E-state index in [1.165, 1.54) is 28.1 Å². The van der Waals surface area contributed by atoms with Crippen molar-refractivity contribution in [1.29, 1.82) is 0 Å². The van der Waals surface area contributed by atoms with E-state index in [4.69, 9.17) is 28.4 Å². The maximum Gasteiger partial charge on any atom is 0.303 e. The summed E-state index contributed by atoms with van der Waals surface area (Å²) in [6.07, 6.45) is -7.06. The van der Waals surface area contributed by atoms with E-state index in [0.717, 1.165) is 6.92 Å². The highest BCUT2D eigenvalue weighted by molar-refractivity contribution is 5.67. The third-order valence-electron chi connectivity index (χ3n) is 3.44. The molecule has 1 fully saturated rings. The molecule has 1 aliphatic rings. The van der Waals surface area contributed by atoms with Gasteiger partial charge < -0.3 is 33.5 Å². The molecule has 0 saturated carbocycles. The van der Waals surface area contributed by atoms with Gasteiger partial charge in [-0.05, 0) is 0 Å². The Morgan fingerprint density at radius 3 is 1.96 bits per heavy atom. The van der Waals surface area contributed by atoms with Gasteiger partial charge in [0.15, 0.2) is 24.6 Å². The second-order valence-electron chi connectivity index (χ2n) is 5.44. The van der Waals surface area contributed by atoms with Crippen molar-refractivity contribution in [2.45, 2.75) is 57.6 Å². The van der Waals surface area contributed by atoms with Crippen LogP contribution in [0.15, 0.2) is 0 Å². The molecule has 25 heavy (non-hydrogen) atoms. The highest BCUT2D eigenvalue weighted by atomic mass is 16.7. The first-order chi connectivity index (χ1) is 11.7. The minimum absolute atomic E-state index is 0.0800. The van der Waals surface area contributed by atoms with Gasteiger partial charge in [0.1, 0.15) is 12.2 Å². The van der Waals surface area contributed by atoms with Crippen LogP contribution in [-0.4, -0.2) is 80.7 Å². The highest BCUT2D eigenvalue weighted by Crippen LogP contribution is 2.30. The number of aliphatic hydroxyl groups is 1. The third-order valence-corrected chi connectivity index (χ3v) is 3.44. The van der Waals surface area contributed by atoms with Crippen LogP contribution in [0.4, 0.5) is 0 Å². The zero-order valence-corrected chi connectivity index (χ0v) is 14.8. The summed E-state index contributed by atoms with van der Waals surface area (Å²) in [6.45, 7) is 3.44. The molecule has 0 spiro atoms. The summed E-state index contributed by atoms with van der Waals surface area (Å²) in [5.74, 6) is -1.95. The molecule has 0 amide bonds. The van der Waals surface area contributed by atoms with Crippen LogP contribution in [0.1, 0.15) is 20.8 Å². The number of hydrogen-bond acceptors (Lipinski definition) is 10. The second-order valence-corrected chi connectivity index (χ2v) is 5.44. The molecule has 0 radical (unpaired) electrons. The van der Waals surface area contributed by atoms with Crippen molar-refractivity contribution in [3.8, 4) is 0 Å². The first-order valence-corrected chi connectivity index (χ1v) is 7.58. The minimum atomic E-state index is -1.58. The number of carbonyl (C=O) groups excluding carboxylic acids is 3. The lowest BCUT2D eigenvalue weighted by Gasteiger charge is -2.44. The standard InChI is InChI=1S/C15H24O10/c1-7(16)22-10(6-20-4)11-13(23-8(2)17)12(21-5)14(15(19)25-11)24-9(3)18/h10-15,19H,6H2,1-5H3. The second kappa shape index (κ2) is 9.66. The van der Waals surface area contributed by atoms with Crippen LogP contribution in [0.25, 0.3) is 0 Å². The van der Waals surface area contributed by atoms with Crippen LogP contribution in [0.5, 0.6) is 0 Å². The van der Waals surface area contributed by atoms with Gasteiger partial charge in [-0.15, -0.1) is 0 Å². The molecule has 0 aromatic heterocycles. The molecule has 10 heteroatoms. The lowest BCUT2D eigenvalue weighted by atomic mass is 9.94. The average molecular weight is 364 g/mol. The van der Waals surface area contributed by atoms with Crippen molar-refractivity contribution in [2.24, 2.45) is 0 Å². The van der Waals surface area contributed by atoms with Crippen LogP contribution in [-0.2, 0) is 42.8 Å². The Morgan fingerprint density at radius 1 is 0.960 bits per heavy atom. The quantitative estimate of drug-likeness (QED) is 0.451. The van der Waals surface area contributed by atoms with Crippen LogP contribution < -0.4 is 0 Å². The van der Waals surface area contributed by atoms with Gasteiger partial charge in [0.05, 0.1) is 6.61 Å². The highest BCUT2D eigenvalue weighted by Gasteiger charge is 2.52.